The number of carbonyl (C=O) groups excluding carboxylic acids is 1. The molecule has 0 aliphatic heterocycles. The largest absolute Gasteiger partial charge is 0.380 e. The third-order valence-electron chi connectivity index (χ3n) is 2.40. The highest BCUT2D eigenvalue weighted by atomic mass is 32.1. The lowest BCUT2D eigenvalue weighted by molar-refractivity contribution is 0.100. The summed E-state index contributed by atoms with van der Waals surface area (Å²) in [5.41, 5.74) is 7.19. The molecule has 1 aromatic heterocycles. The number of rotatable bonds is 4. The average molecular weight is 257 g/mol. The van der Waals surface area contributed by atoms with Crippen LogP contribution >= 0.6 is 11.3 Å². The molecule has 90 valence electrons. The number of benzene rings is 1. The Balaban J connectivity index is 2.04. The van der Waals surface area contributed by atoms with Crippen LogP contribution in [-0.4, -0.2) is 5.91 Å². The molecule has 0 saturated heterocycles. The average Bonchev–Trinajstić information content (AvgIpc) is 2.84. The van der Waals surface area contributed by atoms with Crippen LogP contribution in [0.25, 0.3) is 0 Å². The van der Waals surface area contributed by atoms with Crippen molar-refractivity contribution in [2.24, 2.45) is 5.73 Å². The van der Waals surface area contributed by atoms with Gasteiger partial charge in [0.2, 0.25) is 5.91 Å². The summed E-state index contributed by atoms with van der Waals surface area (Å²) < 4.78 is 0. The number of hydrogen-bond donors (Lipinski definition) is 2. The van der Waals surface area contributed by atoms with Gasteiger partial charge in [0.1, 0.15) is 6.07 Å². The van der Waals surface area contributed by atoms with Crippen molar-refractivity contribution in [3.8, 4) is 6.07 Å². The van der Waals surface area contributed by atoms with Crippen molar-refractivity contribution < 1.29 is 4.79 Å². The lowest BCUT2D eigenvalue weighted by Crippen LogP contribution is -2.11. The SMILES string of the molecule is N#Cc1csc(CNc2cccc(C(N)=O)c2)c1. The fourth-order valence-corrected chi connectivity index (χ4v) is 2.25. The highest BCUT2D eigenvalue weighted by Crippen LogP contribution is 2.17. The van der Waals surface area contributed by atoms with E-state index in [2.05, 4.69) is 11.4 Å². The number of thiophene rings is 1. The van der Waals surface area contributed by atoms with Gasteiger partial charge in [0.25, 0.3) is 0 Å². The first-order chi connectivity index (χ1) is 8.69. The van der Waals surface area contributed by atoms with Gasteiger partial charge in [-0.1, -0.05) is 6.07 Å². The number of amides is 1. The number of nitrogens with one attached hydrogen (secondary N) is 1. The maximum Gasteiger partial charge on any atom is 0.248 e. The Hall–Kier alpha value is -2.32. The summed E-state index contributed by atoms with van der Waals surface area (Å²) in [6, 6.07) is 11.0. The van der Waals surface area contributed by atoms with Gasteiger partial charge >= 0.3 is 0 Å². The molecule has 0 aliphatic carbocycles. The van der Waals surface area contributed by atoms with Crippen LogP contribution in [0.2, 0.25) is 0 Å². The summed E-state index contributed by atoms with van der Waals surface area (Å²) in [5, 5.41) is 13.7. The Morgan fingerprint density at radius 3 is 2.94 bits per heavy atom. The van der Waals surface area contributed by atoms with Gasteiger partial charge in [-0.15, -0.1) is 11.3 Å². The number of nitrogens with zero attached hydrogens (tertiary/aromatic N) is 1. The van der Waals surface area contributed by atoms with E-state index < -0.39 is 5.91 Å². The maximum atomic E-state index is 11.0. The Morgan fingerprint density at radius 1 is 1.44 bits per heavy atom. The molecule has 0 unspecified atom stereocenters. The lowest BCUT2D eigenvalue weighted by atomic mass is 10.2. The van der Waals surface area contributed by atoms with E-state index in [1.54, 1.807) is 18.2 Å². The standard InChI is InChI=1S/C13H11N3OS/c14-6-9-4-12(18-8-9)7-16-11-3-1-2-10(5-11)13(15)17/h1-5,8,16H,7H2,(H2,15,17). The molecule has 1 amide bonds. The molecular formula is C13H11N3OS. The van der Waals surface area contributed by atoms with E-state index in [1.165, 1.54) is 11.3 Å². The second kappa shape index (κ2) is 5.34. The Bertz CT molecular complexity index is 613. The zero-order valence-electron chi connectivity index (χ0n) is 9.51. The zero-order valence-corrected chi connectivity index (χ0v) is 10.3. The molecular weight excluding hydrogens is 246 g/mol. The Labute approximate surface area is 109 Å². The highest BCUT2D eigenvalue weighted by Gasteiger charge is 2.02. The Kier molecular flexibility index (Phi) is 3.60. The number of anilines is 1. The first-order valence-corrected chi connectivity index (χ1v) is 6.18. The molecule has 0 saturated carbocycles. The van der Waals surface area contributed by atoms with E-state index in [4.69, 9.17) is 11.0 Å². The molecule has 1 aromatic carbocycles. The summed E-state index contributed by atoms with van der Waals surface area (Å²) in [5.74, 6) is -0.443. The molecule has 2 rings (SSSR count). The summed E-state index contributed by atoms with van der Waals surface area (Å²) in [4.78, 5) is 12.1. The van der Waals surface area contributed by atoms with Gasteiger partial charge in [-0.05, 0) is 24.3 Å². The van der Waals surface area contributed by atoms with E-state index in [0.717, 1.165) is 10.6 Å². The van der Waals surface area contributed by atoms with Crippen LogP contribution < -0.4 is 11.1 Å². The number of nitrogens with two attached hydrogens (primary N) is 1. The molecule has 0 fully saturated rings. The fraction of sp³-hybridized carbons (Fsp3) is 0.0769. The van der Waals surface area contributed by atoms with Crippen molar-refractivity contribution >= 4 is 22.9 Å². The fourth-order valence-electron chi connectivity index (χ4n) is 1.50. The predicted octanol–water partition coefficient (Wildman–Crippen LogP) is 2.33. The van der Waals surface area contributed by atoms with Crippen LogP contribution in [0.4, 0.5) is 5.69 Å². The number of carbonyl (C=O) groups is 1. The van der Waals surface area contributed by atoms with Crippen molar-refractivity contribution in [1.82, 2.24) is 0 Å². The van der Waals surface area contributed by atoms with Crippen LogP contribution in [0.5, 0.6) is 0 Å². The van der Waals surface area contributed by atoms with Crippen molar-refractivity contribution in [2.45, 2.75) is 6.54 Å². The molecule has 3 N–H and O–H groups in total. The summed E-state index contributed by atoms with van der Waals surface area (Å²) in [6.45, 7) is 0.620. The molecule has 4 nitrogen and oxygen atoms in total. The van der Waals surface area contributed by atoms with E-state index in [0.29, 0.717) is 17.7 Å². The zero-order chi connectivity index (χ0) is 13.0. The topological polar surface area (TPSA) is 78.9 Å². The molecule has 0 bridgehead atoms. The monoisotopic (exact) mass is 257 g/mol. The molecule has 0 aliphatic rings. The third-order valence-corrected chi connectivity index (χ3v) is 3.33. The quantitative estimate of drug-likeness (QED) is 0.882. The van der Waals surface area contributed by atoms with Gasteiger partial charge in [-0.25, -0.2) is 0 Å². The molecule has 5 heteroatoms. The first-order valence-electron chi connectivity index (χ1n) is 5.30. The van der Waals surface area contributed by atoms with Crippen LogP contribution in [0.1, 0.15) is 20.8 Å². The second-order valence-electron chi connectivity index (χ2n) is 3.71. The summed E-state index contributed by atoms with van der Waals surface area (Å²) >= 11 is 1.53. The van der Waals surface area contributed by atoms with Crippen molar-refractivity contribution in [1.29, 1.82) is 5.26 Å². The lowest BCUT2D eigenvalue weighted by Gasteiger charge is -2.05. The van der Waals surface area contributed by atoms with Crippen LogP contribution in [0.15, 0.2) is 35.7 Å². The normalized spacial score (nSPS) is 9.72. The predicted molar refractivity (Wildman–Crippen MR) is 71.3 cm³/mol. The minimum atomic E-state index is -0.443. The van der Waals surface area contributed by atoms with Gasteiger partial charge in [0.15, 0.2) is 0 Å². The van der Waals surface area contributed by atoms with Crippen LogP contribution in [0, 0.1) is 11.3 Å². The molecule has 0 spiro atoms. The number of primary amides is 1. The van der Waals surface area contributed by atoms with Gasteiger partial charge in [0.05, 0.1) is 5.56 Å². The van der Waals surface area contributed by atoms with Gasteiger partial charge in [-0.3, -0.25) is 4.79 Å². The smallest absolute Gasteiger partial charge is 0.248 e. The van der Waals surface area contributed by atoms with E-state index in [-0.39, 0.29) is 0 Å². The summed E-state index contributed by atoms with van der Waals surface area (Å²) in [6.07, 6.45) is 0. The van der Waals surface area contributed by atoms with E-state index in [1.807, 2.05) is 17.5 Å². The minimum absolute atomic E-state index is 0.443. The van der Waals surface area contributed by atoms with E-state index in [9.17, 15) is 4.79 Å². The third kappa shape index (κ3) is 2.87. The van der Waals surface area contributed by atoms with Crippen molar-refractivity contribution in [2.75, 3.05) is 5.32 Å². The molecule has 1 heterocycles. The van der Waals surface area contributed by atoms with Crippen LogP contribution in [0.3, 0.4) is 0 Å². The maximum absolute atomic E-state index is 11.0. The molecule has 18 heavy (non-hydrogen) atoms. The first kappa shape index (κ1) is 12.1. The second-order valence-corrected chi connectivity index (χ2v) is 4.71. The van der Waals surface area contributed by atoms with E-state index >= 15 is 0 Å². The molecule has 0 atom stereocenters. The van der Waals surface area contributed by atoms with Crippen molar-refractivity contribution in [3.63, 3.8) is 0 Å². The van der Waals surface area contributed by atoms with Gasteiger partial charge < -0.3 is 11.1 Å². The number of nitriles is 1. The summed E-state index contributed by atoms with van der Waals surface area (Å²) in [7, 11) is 0. The molecule has 0 radical (unpaired) electrons. The molecule has 2 aromatic rings. The number of hydrogen-bond acceptors (Lipinski definition) is 4. The van der Waals surface area contributed by atoms with Gasteiger partial charge in [-0.2, -0.15) is 5.26 Å². The van der Waals surface area contributed by atoms with Crippen molar-refractivity contribution in [3.05, 3.63) is 51.7 Å². The van der Waals surface area contributed by atoms with Crippen LogP contribution in [-0.2, 0) is 6.54 Å². The Morgan fingerprint density at radius 2 is 2.28 bits per heavy atom. The van der Waals surface area contributed by atoms with Gasteiger partial charge in [0, 0.05) is 28.1 Å². The minimum Gasteiger partial charge on any atom is -0.380 e. The highest BCUT2D eigenvalue weighted by molar-refractivity contribution is 7.10.